The van der Waals surface area contributed by atoms with E-state index in [-0.39, 0.29) is 6.42 Å². The molecule has 112 valence electrons. The average Bonchev–Trinajstić information content (AvgIpc) is 2.53. The van der Waals surface area contributed by atoms with E-state index in [0.717, 1.165) is 17.0 Å². The van der Waals surface area contributed by atoms with Crippen molar-refractivity contribution in [2.24, 2.45) is 0 Å². The van der Waals surface area contributed by atoms with Gasteiger partial charge in [0.25, 0.3) is 0 Å². The van der Waals surface area contributed by atoms with Crippen LogP contribution in [0, 0.1) is 13.8 Å². The predicted molar refractivity (Wildman–Crippen MR) is 74.8 cm³/mol. The SMILES string of the molecule is Cc1cc(C)c(CC(NC(=O)OC(C)(C)C)C(=O)O)[nH]1. The van der Waals surface area contributed by atoms with E-state index in [1.807, 2.05) is 19.9 Å². The molecule has 3 N–H and O–H groups in total. The van der Waals surface area contributed by atoms with Gasteiger partial charge in [0.2, 0.25) is 0 Å². The minimum atomic E-state index is -1.09. The summed E-state index contributed by atoms with van der Waals surface area (Å²) in [4.78, 5) is 26.0. The highest BCUT2D eigenvalue weighted by molar-refractivity contribution is 5.80. The van der Waals surface area contributed by atoms with Crippen LogP contribution in [0.5, 0.6) is 0 Å². The molecule has 20 heavy (non-hydrogen) atoms. The first-order valence-corrected chi connectivity index (χ1v) is 6.46. The van der Waals surface area contributed by atoms with Crippen LogP contribution < -0.4 is 5.32 Å². The highest BCUT2D eigenvalue weighted by Crippen LogP contribution is 2.12. The van der Waals surface area contributed by atoms with E-state index in [1.165, 1.54) is 0 Å². The van der Waals surface area contributed by atoms with Gasteiger partial charge in [-0.05, 0) is 46.2 Å². The third-order valence-electron chi connectivity index (χ3n) is 2.65. The summed E-state index contributed by atoms with van der Waals surface area (Å²) in [5.74, 6) is -1.09. The van der Waals surface area contributed by atoms with Crippen molar-refractivity contribution in [1.29, 1.82) is 0 Å². The molecule has 0 fully saturated rings. The van der Waals surface area contributed by atoms with Gasteiger partial charge in [0.15, 0.2) is 0 Å². The molecule has 0 saturated carbocycles. The molecule has 1 atom stereocenters. The molecule has 0 bridgehead atoms. The highest BCUT2D eigenvalue weighted by Gasteiger charge is 2.25. The lowest BCUT2D eigenvalue weighted by Crippen LogP contribution is -2.44. The van der Waals surface area contributed by atoms with Gasteiger partial charge in [0, 0.05) is 17.8 Å². The third-order valence-corrected chi connectivity index (χ3v) is 2.65. The summed E-state index contributed by atoms with van der Waals surface area (Å²) in [5, 5.41) is 11.6. The number of aromatic nitrogens is 1. The Morgan fingerprint density at radius 2 is 2.00 bits per heavy atom. The summed E-state index contributed by atoms with van der Waals surface area (Å²) in [6.45, 7) is 8.96. The second-order valence-electron chi connectivity index (χ2n) is 5.86. The molecule has 6 nitrogen and oxygen atoms in total. The van der Waals surface area contributed by atoms with E-state index >= 15 is 0 Å². The zero-order chi connectivity index (χ0) is 15.5. The molecule has 0 radical (unpaired) electrons. The van der Waals surface area contributed by atoms with Gasteiger partial charge in [-0.3, -0.25) is 0 Å². The number of H-pyrrole nitrogens is 1. The zero-order valence-corrected chi connectivity index (χ0v) is 12.5. The summed E-state index contributed by atoms with van der Waals surface area (Å²) in [6, 6.07) is 0.906. The largest absolute Gasteiger partial charge is 0.480 e. The van der Waals surface area contributed by atoms with E-state index < -0.39 is 23.7 Å². The fourth-order valence-electron chi connectivity index (χ4n) is 1.85. The second-order valence-corrected chi connectivity index (χ2v) is 5.86. The van der Waals surface area contributed by atoms with Crippen LogP contribution in [-0.4, -0.2) is 33.8 Å². The van der Waals surface area contributed by atoms with Crippen LogP contribution in [0.15, 0.2) is 6.07 Å². The molecule has 1 amide bonds. The van der Waals surface area contributed by atoms with E-state index in [4.69, 9.17) is 4.74 Å². The van der Waals surface area contributed by atoms with Crippen molar-refractivity contribution in [3.8, 4) is 0 Å². The molecule has 0 spiro atoms. The van der Waals surface area contributed by atoms with Crippen molar-refractivity contribution in [3.63, 3.8) is 0 Å². The first kappa shape index (κ1) is 16.1. The number of aromatic amines is 1. The first-order chi connectivity index (χ1) is 9.08. The summed E-state index contributed by atoms with van der Waals surface area (Å²) in [7, 11) is 0. The third kappa shape index (κ3) is 4.95. The molecule has 1 heterocycles. The van der Waals surface area contributed by atoms with Gasteiger partial charge in [-0.25, -0.2) is 9.59 Å². The summed E-state index contributed by atoms with van der Waals surface area (Å²) in [5.41, 5.74) is 2.07. The Kier molecular flexibility index (Phi) is 4.81. The number of carbonyl (C=O) groups is 2. The Balaban J connectivity index is 2.73. The molecule has 1 aromatic rings. The number of nitrogens with one attached hydrogen (secondary N) is 2. The van der Waals surface area contributed by atoms with Crippen molar-refractivity contribution in [2.75, 3.05) is 0 Å². The van der Waals surface area contributed by atoms with E-state index in [9.17, 15) is 14.7 Å². The van der Waals surface area contributed by atoms with E-state index in [1.54, 1.807) is 20.8 Å². The van der Waals surface area contributed by atoms with Crippen molar-refractivity contribution >= 4 is 12.1 Å². The molecule has 0 saturated heterocycles. The molecule has 0 aliphatic heterocycles. The number of aryl methyl sites for hydroxylation is 2. The molecule has 1 aromatic heterocycles. The number of carboxylic acid groups (broad SMARTS) is 1. The lowest BCUT2D eigenvalue weighted by molar-refractivity contribution is -0.139. The van der Waals surface area contributed by atoms with Gasteiger partial charge in [-0.1, -0.05) is 0 Å². The van der Waals surface area contributed by atoms with Gasteiger partial charge >= 0.3 is 12.1 Å². The lowest BCUT2D eigenvalue weighted by Gasteiger charge is -2.22. The molecule has 0 aliphatic rings. The van der Waals surface area contributed by atoms with Gasteiger partial charge in [-0.15, -0.1) is 0 Å². The van der Waals surface area contributed by atoms with Crippen LogP contribution in [0.25, 0.3) is 0 Å². The molecular weight excluding hydrogens is 260 g/mol. The number of rotatable bonds is 4. The number of aliphatic carboxylic acids is 1. The summed E-state index contributed by atoms with van der Waals surface area (Å²) in [6.07, 6.45) is -0.542. The summed E-state index contributed by atoms with van der Waals surface area (Å²) >= 11 is 0. The van der Waals surface area contributed by atoms with E-state index in [0.29, 0.717) is 0 Å². The minimum Gasteiger partial charge on any atom is -0.480 e. The van der Waals surface area contributed by atoms with Crippen LogP contribution in [0.1, 0.15) is 37.7 Å². The highest BCUT2D eigenvalue weighted by atomic mass is 16.6. The Hall–Kier alpha value is -1.98. The lowest BCUT2D eigenvalue weighted by atomic mass is 10.1. The van der Waals surface area contributed by atoms with Crippen LogP contribution in [-0.2, 0) is 16.0 Å². The second kappa shape index (κ2) is 5.98. The average molecular weight is 282 g/mol. The van der Waals surface area contributed by atoms with Crippen molar-refractivity contribution in [3.05, 3.63) is 23.0 Å². The Labute approximate surface area is 118 Å². The van der Waals surface area contributed by atoms with Gasteiger partial charge < -0.3 is 20.1 Å². The van der Waals surface area contributed by atoms with Crippen LogP contribution in [0.2, 0.25) is 0 Å². The maximum Gasteiger partial charge on any atom is 0.408 e. The summed E-state index contributed by atoms with van der Waals surface area (Å²) < 4.78 is 5.07. The molecule has 0 aromatic carbocycles. The predicted octanol–water partition coefficient (Wildman–Crippen LogP) is 2.15. The zero-order valence-electron chi connectivity index (χ0n) is 12.5. The van der Waals surface area contributed by atoms with Crippen molar-refractivity contribution < 1.29 is 19.4 Å². The van der Waals surface area contributed by atoms with Gasteiger partial charge in [0.1, 0.15) is 11.6 Å². The van der Waals surface area contributed by atoms with Gasteiger partial charge in [0.05, 0.1) is 0 Å². The van der Waals surface area contributed by atoms with Gasteiger partial charge in [-0.2, -0.15) is 0 Å². The fourth-order valence-corrected chi connectivity index (χ4v) is 1.85. The quantitative estimate of drug-likeness (QED) is 0.789. The maximum atomic E-state index is 11.6. The number of ether oxygens (including phenoxy) is 1. The maximum absolute atomic E-state index is 11.6. The van der Waals surface area contributed by atoms with Crippen LogP contribution >= 0.6 is 0 Å². The minimum absolute atomic E-state index is 0.189. The number of amides is 1. The number of hydrogen-bond donors (Lipinski definition) is 3. The number of carboxylic acids is 1. The van der Waals surface area contributed by atoms with Crippen LogP contribution in [0.3, 0.4) is 0 Å². The topological polar surface area (TPSA) is 91.4 Å². The first-order valence-electron chi connectivity index (χ1n) is 6.46. The smallest absolute Gasteiger partial charge is 0.408 e. The Morgan fingerprint density at radius 3 is 2.40 bits per heavy atom. The monoisotopic (exact) mass is 282 g/mol. The molecule has 6 heteroatoms. The van der Waals surface area contributed by atoms with Crippen molar-refractivity contribution in [1.82, 2.24) is 10.3 Å². The number of alkyl carbamates (subject to hydrolysis) is 1. The number of hydrogen-bond acceptors (Lipinski definition) is 3. The molecule has 1 unspecified atom stereocenters. The van der Waals surface area contributed by atoms with Crippen LogP contribution in [0.4, 0.5) is 4.79 Å². The number of carbonyl (C=O) groups excluding carboxylic acids is 1. The molecular formula is C14H22N2O4. The molecule has 1 rings (SSSR count). The standard InChI is InChI=1S/C14H22N2O4/c1-8-6-9(2)15-10(8)7-11(12(17)18)16-13(19)20-14(3,4)5/h6,11,15H,7H2,1-5H3,(H,16,19)(H,17,18). The molecule has 0 aliphatic carbocycles. The van der Waals surface area contributed by atoms with E-state index in [2.05, 4.69) is 10.3 Å². The Morgan fingerprint density at radius 1 is 1.40 bits per heavy atom. The fraction of sp³-hybridized carbons (Fsp3) is 0.571. The Bertz CT molecular complexity index is 500. The van der Waals surface area contributed by atoms with Crippen molar-refractivity contribution in [2.45, 2.75) is 52.7 Å². The normalized spacial score (nSPS) is 12.8.